The van der Waals surface area contributed by atoms with Crippen molar-refractivity contribution in [1.82, 2.24) is 0 Å². The molecule has 0 radical (unpaired) electrons. The highest BCUT2D eigenvalue weighted by atomic mass is 16.2. The lowest BCUT2D eigenvalue weighted by molar-refractivity contribution is -0.121. The summed E-state index contributed by atoms with van der Waals surface area (Å²) >= 11 is 0. The van der Waals surface area contributed by atoms with E-state index in [-0.39, 0.29) is 11.8 Å². The highest BCUT2D eigenvalue weighted by molar-refractivity contribution is 5.96. The van der Waals surface area contributed by atoms with Crippen LogP contribution in [0.1, 0.15) is 19.4 Å². The summed E-state index contributed by atoms with van der Waals surface area (Å²) in [4.78, 5) is 13.6. The van der Waals surface area contributed by atoms with Crippen molar-refractivity contribution < 1.29 is 4.79 Å². The molecular weight excluding hydrogens is 226 g/mol. The number of carbonyl (C=O) groups excluding carboxylic acids is 1. The minimum atomic E-state index is -0.666. The van der Waals surface area contributed by atoms with Gasteiger partial charge in [0.1, 0.15) is 5.92 Å². The minimum absolute atomic E-state index is 0.0379. The van der Waals surface area contributed by atoms with Gasteiger partial charge in [0.25, 0.3) is 0 Å². The molecule has 1 amide bonds. The molecule has 0 heterocycles. The van der Waals surface area contributed by atoms with Gasteiger partial charge in [0.2, 0.25) is 5.91 Å². The molecule has 0 bridgehead atoms. The molecule has 0 aromatic heterocycles. The van der Waals surface area contributed by atoms with Crippen LogP contribution in [0.2, 0.25) is 0 Å². The smallest absolute Gasteiger partial charge is 0.244 e. The van der Waals surface area contributed by atoms with Crippen molar-refractivity contribution in [2.75, 3.05) is 11.9 Å². The van der Waals surface area contributed by atoms with Crippen LogP contribution in [0.3, 0.4) is 0 Å². The van der Waals surface area contributed by atoms with Crippen LogP contribution in [0.4, 0.5) is 5.69 Å². The number of rotatable bonds is 3. The molecule has 0 aliphatic rings. The molecule has 0 saturated heterocycles. The largest absolute Gasteiger partial charge is 0.314 e. The van der Waals surface area contributed by atoms with Crippen molar-refractivity contribution in [3.05, 3.63) is 29.8 Å². The maximum atomic E-state index is 12.1. The van der Waals surface area contributed by atoms with E-state index in [1.54, 1.807) is 31.3 Å². The molecule has 1 aromatic carbocycles. The molecule has 1 atom stereocenters. The first-order chi connectivity index (χ1) is 8.51. The van der Waals surface area contributed by atoms with Crippen LogP contribution < -0.4 is 4.90 Å². The lowest BCUT2D eigenvalue weighted by atomic mass is 9.96. The van der Waals surface area contributed by atoms with Gasteiger partial charge in [-0.25, -0.2) is 0 Å². The van der Waals surface area contributed by atoms with Gasteiger partial charge in [-0.15, -0.1) is 0 Å². The van der Waals surface area contributed by atoms with E-state index >= 15 is 0 Å². The average molecular weight is 241 g/mol. The number of carbonyl (C=O) groups is 1. The number of nitrogens with zero attached hydrogens (tertiary/aromatic N) is 3. The lowest BCUT2D eigenvalue weighted by Gasteiger charge is -2.22. The Hall–Kier alpha value is -2.33. The molecule has 0 aliphatic carbocycles. The van der Waals surface area contributed by atoms with E-state index in [1.165, 1.54) is 4.90 Å². The van der Waals surface area contributed by atoms with Crippen LogP contribution >= 0.6 is 0 Å². The molecular formula is C14H15N3O. The second-order valence-electron chi connectivity index (χ2n) is 4.41. The molecule has 4 heteroatoms. The van der Waals surface area contributed by atoms with E-state index in [1.807, 2.05) is 26.0 Å². The Morgan fingerprint density at radius 2 is 2.00 bits per heavy atom. The van der Waals surface area contributed by atoms with Gasteiger partial charge in [0.15, 0.2) is 0 Å². The van der Waals surface area contributed by atoms with Crippen LogP contribution in [0.5, 0.6) is 0 Å². The normalized spacial score (nSPS) is 11.4. The van der Waals surface area contributed by atoms with Crippen LogP contribution in [-0.4, -0.2) is 13.0 Å². The van der Waals surface area contributed by atoms with Gasteiger partial charge in [-0.05, 0) is 24.1 Å². The molecule has 1 aromatic rings. The van der Waals surface area contributed by atoms with E-state index in [0.717, 1.165) is 0 Å². The number of benzene rings is 1. The highest BCUT2D eigenvalue weighted by Gasteiger charge is 2.25. The molecule has 0 fully saturated rings. The van der Waals surface area contributed by atoms with Crippen LogP contribution in [0.15, 0.2) is 24.3 Å². The van der Waals surface area contributed by atoms with Gasteiger partial charge < -0.3 is 4.90 Å². The quantitative estimate of drug-likeness (QED) is 0.815. The van der Waals surface area contributed by atoms with Crippen LogP contribution in [0, 0.1) is 34.5 Å². The highest BCUT2D eigenvalue weighted by Crippen LogP contribution is 2.19. The zero-order valence-corrected chi connectivity index (χ0v) is 10.7. The summed E-state index contributed by atoms with van der Waals surface area (Å²) in [6.45, 7) is 3.68. The molecule has 0 N–H and O–H groups in total. The van der Waals surface area contributed by atoms with Crippen LogP contribution in [-0.2, 0) is 4.79 Å². The van der Waals surface area contributed by atoms with Crippen molar-refractivity contribution in [2.45, 2.75) is 13.8 Å². The van der Waals surface area contributed by atoms with Crippen molar-refractivity contribution >= 4 is 11.6 Å². The Morgan fingerprint density at radius 3 is 2.50 bits per heavy atom. The average Bonchev–Trinajstić information content (AvgIpc) is 2.38. The molecule has 92 valence electrons. The van der Waals surface area contributed by atoms with E-state index in [0.29, 0.717) is 11.3 Å². The summed E-state index contributed by atoms with van der Waals surface area (Å²) in [6.07, 6.45) is 0. The second kappa shape index (κ2) is 5.84. The SMILES string of the molecule is CC(C)C(C#N)C(=O)N(C)c1cccc(C#N)c1. The van der Waals surface area contributed by atoms with Gasteiger partial charge >= 0.3 is 0 Å². The molecule has 0 saturated carbocycles. The number of amides is 1. The third-order valence-corrected chi connectivity index (χ3v) is 2.76. The summed E-state index contributed by atoms with van der Waals surface area (Å²) in [5.41, 5.74) is 1.12. The predicted molar refractivity (Wildman–Crippen MR) is 68.5 cm³/mol. The van der Waals surface area contributed by atoms with Crippen molar-refractivity contribution in [3.63, 3.8) is 0 Å². The zero-order valence-electron chi connectivity index (χ0n) is 10.7. The van der Waals surface area contributed by atoms with E-state index in [4.69, 9.17) is 10.5 Å². The second-order valence-corrected chi connectivity index (χ2v) is 4.41. The maximum absolute atomic E-state index is 12.1. The number of hydrogen-bond acceptors (Lipinski definition) is 3. The fourth-order valence-electron chi connectivity index (χ4n) is 1.61. The number of nitriles is 2. The summed E-state index contributed by atoms with van der Waals surface area (Å²) in [5.74, 6) is -0.951. The first-order valence-electron chi connectivity index (χ1n) is 5.68. The third-order valence-electron chi connectivity index (χ3n) is 2.76. The first-order valence-corrected chi connectivity index (χ1v) is 5.68. The molecule has 1 unspecified atom stereocenters. The van der Waals surface area contributed by atoms with Crippen molar-refractivity contribution in [1.29, 1.82) is 10.5 Å². The summed E-state index contributed by atoms with van der Waals surface area (Å²) in [6, 6.07) is 10.8. The number of anilines is 1. The minimum Gasteiger partial charge on any atom is -0.314 e. The Morgan fingerprint density at radius 1 is 1.33 bits per heavy atom. The van der Waals surface area contributed by atoms with Gasteiger partial charge in [0, 0.05) is 12.7 Å². The lowest BCUT2D eigenvalue weighted by Crippen LogP contribution is -2.34. The first kappa shape index (κ1) is 13.7. The number of hydrogen-bond donors (Lipinski definition) is 0. The van der Waals surface area contributed by atoms with Gasteiger partial charge in [-0.3, -0.25) is 4.79 Å². The summed E-state index contributed by atoms with van der Waals surface area (Å²) in [7, 11) is 1.62. The molecule has 0 aliphatic heterocycles. The Labute approximate surface area is 107 Å². The fraction of sp³-hybridized carbons (Fsp3) is 0.357. The topological polar surface area (TPSA) is 67.9 Å². The fourth-order valence-corrected chi connectivity index (χ4v) is 1.61. The van der Waals surface area contributed by atoms with E-state index in [9.17, 15) is 4.79 Å². The summed E-state index contributed by atoms with van der Waals surface area (Å²) < 4.78 is 0. The Balaban J connectivity index is 3.00. The van der Waals surface area contributed by atoms with Crippen molar-refractivity contribution in [3.8, 4) is 12.1 Å². The maximum Gasteiger partial charge on any atom is 0.244 e. The molecule has 0 spiro atoms. The van der Waals surface area contributed by atoms with E-state index < -0.39 is 5.92 Å². The van der Waals surface area contributed by atoms with Crippen LogP contribution in [0.25, 0.3) is 0 Å². The monoisotopic (exact) mass is 241 g/mol. The molecule has 1 rings (SSSR count). The summed E-state index contributed by atoms with van der Waals surface area (Å²) in [5, 5.41) is 17.8. The van der Waals surface area contributed by atoms with Crippen molar-refractivity contribution in [2.24, 2.45) is 11.8 Å². The van der Waals surface area contributed by atoms with Gasteiger partial charge in [-0.2, -0.15) is 10.5 Å². The zero-order chi connectivity index (χ0) is 13.7. The Kier molecular flexibility index (Phi) is 4.45. The third kappa shape index (κ3) is 2.87. The Bertz CT molecular complexity index is 523. The molecule has 4 nitrogen and oxygen atoms in total. The van der Waals surface area contributed by atoms with Gasteiger partial charge in [0.05, 0.1) is 17.7 Å². The molecule has 18 heavy (non-hydrogen) atoms. The predicted octanol–water partition coefficient (Wildman–Crippen LogP) is 2.32. The van der Waals surface area contributed by atoms with E-state index in [2.05, 4.69) is 0 Å². The van der Waals surface area contributed by atoms with Gasteiger partial charge in [-0.1, -0.05) is 19.9 Å². The standard InChI is InChI=1S/C14H15N3O/c1-10(2)13(9-16)14(18)17(3)12-6-4-5-11(7-12)8-15/h4-7,10,13H,1-3H3.